The Morgan fingerprint density at radius 2 is 1.38 bits per heavy atom. The number of methoxy groups -OCH3 is 4. The molecule has 1 aliphatic heterocycles. The SMILES string of the molecule is COc1ccc(O[C@@H]2C(=O)N(Cc3ccc(F)cc3)[C@H]2c2cc(OC)c(OC)c(OC)c2)cc1. The van der Waals surface area contributed by atoms with Gasteiger partial charge in [0.05, 0.1) is 28.4 Å². The number of benzene rings is 3. The highest BCUT2D eigenvalue weighted by atomic mass is 19.1. The molecule has 0 saturated carbocycles. The number of halogens is 1. The third kappa shape index (κ3) is 4.44. The van der Waals surface area contributed by atoms with Gasteiger partial charge in [0.25, 0.3) is 5.91 Å². The summed E-state index contributed by atoms with van der Waals surface area (Å²) in [5.74, 6) is 2.11. The van der Waals surface area contributed by atoms with Gasteiger partial charge in [-0.1, -0.05) is 12.1 Å². The first-order chi connectivity index (χ1) is 16.5. The largest absolute Gasteiger partial charge is 0.497 e. The predicted molar refractivity (Wildman–Crippen MR) is 123 cm³/mol. The van der Waals surface area contributed by atoms with Gasteiger partial charge in [0.2, 0.25) is 11.9 Å². The molecule has 3 aromatic rings. The molecule has 1 fully saturated rings. The molecular formula is C26H26FNO6. The Kier molecular flexibility index (Phi) is 6.77. The Balaban J connectivity index is 1.70. The van der Waals surface area contributed by atoms with Crippen LogP contribution in [0.3, 0.4) is 0 Å². The summed E-state index contributed by atoms with van der Waals surface area (Å²) in [6.07, 6.45) is -0.767. The molecule has 0 aromatic heterocycles. The van der Waals surface area contributed by atoms with Gasteiger partial charge in [-0.25, -0.2) is 4.39 Å². The highest BCUT2D eigenvalue weighted by Crippen LogP contribution is 2.45. The molecule has 0 spiro atoms. The van der Waals surface area contributed by atoms with Gasteiger partial charge in [-0.3, -0.25) is 4.79 Å². The monoisotopic (exact) mass is 467 g/mol. The van der Waals surface area contributed by atoms with Crippen LogP contribution in [0, 0.1) is 5.82 Å². The number of β-lactam (4-membered cyclic amide) rings is 1. The third-order valence-electron chi connectivity index (χ3n) is 5.77. The van der Waals surface area contributed by atoms with Crippen molar-refractivity contribution in [2.24, 2.45) is 0 Å². The lowest BCUT2D eigenvalue weighted by molar-refractivity contribution is -0.165. The van der Waals surface area contributed by atoms with E-state index in [2.05, 4.69) is 0 Å². The molecule has 1 aliphatic rings. The van der Waals surface area contributed by atoms with Crippen LogP contribution in [0.25, 0.3) is 0 Å². The number of carbonyl (C=O) groups is 1. The Labute approximate surface area is 197 Å². The van der Waals surface area contributed by atoms with Crippen LogP contribution in [0.4, 0.5) is 4.39 Å². The van der Waals surface area contributed by atoms with E-state index in [-0.39, 0.29) is 11.7 Å². The fourth-order valence-corrected chi connectivity index (χ4v) is 4.02. The molecule has 0 unspecified atom stereocenters. The second-order valence-corrected chi connectivity index (χ2v) is 7.71. The number of rotatable bonds is 9. The number of hydrogen-bond acceptors (Lipinski definition) is 6. The van der Waals surface area contributed by atoms with Gasteiger partial charge in [-0.2, -0.15) is 0 Å². The molecule has 34 heavy (non-hydrogen) atoms. The lowest BCUT2D eigenvalue weighted by Crippen LogP contribution is -2.60. The van der Waals surface area contributed by atoms with Crippen molar-refractivity contribution in [3.63, 3.8) is 0 Å². The zero-order valence-electron chi connectivity index (χ0n) is 19.4. The normalized spacial score (nSPS) is 17.1. The van der Waals surface area contributed by atoms with E-state index in [1.165, 1.54) is 33.5 Å². The van der Waals surface area contributed by atoms with Crippen LogP contribution in [0.1, 0.15) is 17.2 Å². The maximum Gasteiger partial charge on any atom is 0.267 e. The summed E-state index contributed by atoms with van der Waals surface area (Å²) in [7, 11) is 6.19. The quantitative estimate of drug-likeness (QED) is 0.435. The molecular weight excluding hydrogens is 441 g/mol. The van der Waals surface area contributed by atoms with Crippen LogP contribution in [-0.4, -0.2) is 45.4 Å². The van der Waals surface area contributed by atoms with E-state index in [1.807, 2.05) is 0 Å². The number of ether oxygens (including phenoxy) is 5. The molecule has 0 radical (unpaired) electrons. The molecule has 1 heterocycles. The fourth-order valence-electron chi connectivity index (χ4n) is 4.02. The summed E-state index contributed by atoms with van der Waals surface area (Å²) < 4.78 is 41.1. The first kappa shape index (κ1) is 23.2. The minimum Gasteiger partial charge on any atom is -0.497 e. The second-order valence-electron chi connectivity index (χ2n) is 7.71. The summed E-state index contributed by atoms with van der Waals surface area (Å²) in [4.78, 5) is 14.9. The Morgan fingerprint density at radius 3 is 1.91 bits per heavy atom. The van der Waals surface area contributed by atoms with Crippen LogP contribution in [-0.2, 0) is 11.3 Å². The van der Waals surface area contributed by atoms with Crippen molar-refractivity contribution < 1.29 is 32.9 Å². The van der Waals surface area contributed by atoms with Crippen LogP contribution < -0.4 is 23.7 Å². The van der Waals surface area contributed by atoms with Gasteiger partial charge in [0, 0.05) is 6.54 Å². The van der Waals surface area contributed by atoms with E-state index < -0.39 is 12.1 Å². The first-order valence-electron chi connectivity index (χ1n) is 10.6. The summed E-state index contributed by atoms with van der Waals surface area (Å²) >= 11 is 0. The van der Waals surface area contributed by atoms with E-state index >= 15 is 0 Å². The summed E-state index contributed by atoms with van der Waals surface area (Å²) in [6.45, 7) is 0.295. The fraction of sp³-hybridized carbons (Fsp3) is 0.269. The maximum absolute atomic E-state index is 13.4. The smallest absolute Gasteiger partial charge is 0.267 e. The topological polar surface area (TPSA) is 66.5 Å². The van der Waals surface area contributed by atoms with Crippen LogP contribution in [0.2, 0.25) is 0 Å². The summed E-state index contributed by atoms with van der Waals surface area (Å²) in [5.41, 5.74) is 1.56. The minimum absolute atomic E-state index is 0.182. The lowest BCUT2D eigenvalue weighted by Gasteiger charge is -2.47. The van der Waals surface area contributed by atoms with Gasteiger partial charge in [0.15, 0.2) is 11.5 Å². The lowest BCUT2D eigenvalue weighted by atomic mass is 9.89. The van der Waals surface area contributed by atoms with E-state index in [1.54, 1.807) is 60.5 Å². The zero-order valence-corrected chi connectivity index (χ0v) is 19.4. The van der Waals surface area contributed by atoms with Gasteiger partial charge >= 0.3 is 0 Å². The van der Waals surface area contributed by atoms with Crippen LogP contribution >= 0.6 is 0 Å². The molecule has 8 heteroatoms. The number of likely N-dealkylation sites (tertiary alicyclic amines) is 1. The van der Waals surface area contributed by atoms with Crippen molar-refractivity contribution in [3.8, 4) is 28.7 Å². The van der Waals surface area contributed by atoms with Gasteiger partial charge in [0.1, 0.15) is 23.4 Å². The Morgan fingerprint density at radius 1 is 0.794 bits per heavy atom. The Hall–Kier alpha value is -3.94. The summed E-state index contributed by atoms with van der Waals surface area (Å²) in [5, 5.41) is 0. The molecule has 3 aromatic carbocycles. The first-order valence-corrected chi connectivity index (χ1v) is 10.6. The van der Waals surface area contributed by atoms with Crippen molar-refractivity contribution in [1.82, 2.24) is 4.90 Å². The van der Waals surface area contributed by atoms with E-state index in [0.29, 0.717) is 35.3 Å². The molecule has 7 nitrogen and oxygen atoms in total. The van der Waals surface area contributed by atoms with Crippen molar-refractivity contribution in [2.75, 3.05) is 28.4 Å². The highest BCUT2D eigenvalue weighted by Gasteiger charge is 2.50. The van der Waals surface area contributed by atoms with Crippen molar-refractivity contribution in [3.05, 3.63) is 77.6 Å². The molecule has 0 aliphatic carbocycles. The molecule has 4 rings (SSSR count). The second kappa shape index (κ2) is 9.91. The maximum atomic E-state index is 13.4. The van der Waals surface area contributed by atoms with Gasteiger partial charge < -0.3 is 28.6 Å². The molecule has 1 saturated heterocycles. The zero-order chi connectivity index (χ0) is 24.2. The molecule has 2 atom stereocenters. The number of amides is 1. The molecule has 1 amide bonds. The number of nitrogens with zero attached hydrogens (tertiary/aromatic N) is 1. The summed E-state index contributed by atoms with van der Waals surface area (Å²) in [6, 6.07) is 16.3. The van der Waals surface area contributed by atoms with Crippen LogP contribution in [0.15, 0.2) is 60.7 Å². The number of carbonyl (C=O) groups excluding carboxylic acids is 1. The number of hydrogen-bond donors (Lipinski definition) is 0. The van der Waals surface area contributed by atoms with E-state index in [4.69, 9.17) is 23.7 Å². The van der Waals surface area contributed by atoms with E-state index in [9.17, 15) is 9.18 Å². The molecule has 0 N–H and O–H groups in total. The van der Waals surface area contributed by atoms with Gasteiger partial charge in [-0.15, -0.1) is 0 Å². The minimum atomic E-state index is -0.767. The van der Waals surface area contributed by atoms with Crippen molar-refractivity contribution in [2.45, 2.75) is 18.7 Å². The average molecular weight is 467 g/mol. The van der Waals surface area contributed by atoms with Gasteiger partial charge in [-0.05, 0) is 59.7 Å². The predicted octanol–water partition coefficient (Wildman–Crippen LogP) is 4.39. The van der Waals surface area contributed by atoms with Crippen molar-refractivity contribution in [1.29, 1.82) is 0 Å². The molecule has 0 bridgehead atoms. The Bertz CT molecular complexity index is 1120. The molecule has 178 valence electrons. The standard InChI is InChI=1S/C26H26FNO6/c1-30-19-9-11-20(12-10-19)34-25-23(17-13-21(31-2)24(33-4)22(14-17)32-3)28(26(25)29)15-16-5-7-18(27)8-6-16/h5-14,23,25H,15H2,1-4H3/t23-,25-/m0/s1. The van der Waals surface area contributed by atoms with E-state index in [0.717, 1.165) is 11.1 Å². The van der Waals surface area contributed by atoms with Crippen LogP contribution in [0.5, 0.6) is 28.7 Å². The third-order valence-corrected chi connectivity index (χ3v) is 5.77. The van der Waals surface area contributed by atoms with Crippen molar-refractivity contribution >= 4 is 5.91 Å². The highest BCUT2D eigenvalue weighted by molar-refractivity contribution is 5.89. The average Bonchev–Trinajstić information content (AvgIpc) is 2.88.